The van der Waals surface area contributed by atoms with Crippen LogP contribution in [0.15, 0.2) is 36.3 Å². The molecular weight excluding hydrogens is 142 g/mol. The number of Topliss-reactive ketones (excluding diaryl/α,β-unsaturated/α-hetero) is 1. The summed E-state index contributed by atoms with van der Waals surface area (Å²) in [5, 5.41) is 8.85. The van der Waals surface area contributed by atoms with Gasteiger partial charge in [-0.05, 0) is 13.0 Å². The van der Waals surface area contributed by atoms with Gasteiger partial charge in [-0.3, -0.25) is 4.79 Å². The Morgan fingerprint density at radius 3 is 2.09 bits per heavy atom. The Morgan fingerprint density at radius 1 is 1.55 bits per heavy atom. The Hall–Kier alpha value is -1.51. The zero-order valence-electron chi connectivity index (χ0n) is 6.42. The van der Waals surface area contributed by atoms with E-state index < -0.39 is 0 Å². The van der Waals surface area contributed by atoms with E-state index in [2.05, 4.69) is 13.2 Å². The first kappa shape index (κ1) is 9.49. The second kappa shape index (κ2) is 3.61. The summed E-state index contributed by atoms with van der Waals surface area (Å²) in [6, 6.07) is 0. The van der Waals surface area contributed by atoms with Crippen LogP contribution in [0.2, 0.25) is 0 Å². The third kappa shape index (κ3) is 3.25. The molecule has 0 rings (SSSR count). The molecule has 0 fully saturated rings. The summed E-state index contributed by atoms with van der Waals surface area (Å²) >= 11 is 0. The predicted molar refractivity (Wildman–Crippen MR) is 43.9 cm³/mol. The van der Waals surface area contributed by atoms with Crippen LogP contribution in [0.25, 0.3) is 0 Å². The molecule has 0 bridgehead atoms. The van der Waals surface area contributed by atoms with Gasteiger partial charge in [0, 0.05) is 5.70 Å². The smallest absolute Gasteiger partial charge is 0.163 e. The highest BCUT2D eigenvalue weighted by atomic mass is 16.3. The van der Waals surface area contributed by atoms with Gasteiger partial charge in [0.25, 0.3) is 0 Å². The molecule has 0 aliphatic rings. The van der Waals surface area contributed by atoms with Gasteiger partial charge in [-0.1, -0.05) is 13.2 Å². The zero-order chi connectivity index (χ0) is 9.02. The lowest BCUT2D eigenvalue weighted by Gasteiger charge is -1.99. The molecule has 11 heavy (non-hydrogen) atoms. The van der Waals surface area contributed by atoms with Crippen LogP contribution in [0.3, 0.4) is 0 Å². The van der Waals surface area contributed by atoms with Crippen molar-refractivity contribution in [2.24, 2.45) is 5.73 Å². The van der Waals surface area contributed by atoms with E-state index in [0.29, 0.717) is 0 Å². The number of carbonyl (C=O) groups is 1. The summed E-state index contributed by atoms with van der Waals surface area (Å²) in [5.41, 5.74) is 5.50. The number of hydrogen-bond donors (Lipinski definition) is 2. The molecule has 0 aromatic heterocycles. The fourth-order valence-electron chi connectivity index (χ4n) is 0.574. The molecule has 3 heteroatoms. The third-order valence-corrected chi connectivity index (χ3v) is 1.02. The molecule has 0 aliphatic heterocycles. The van der Waals surface area contributed by atoms with Crippen LogP contribution in [0, 0.1) is 0 Å². The molecule has 3 N–H and O–H groups in total. The van der Waals surface area contributed by atoms with Gasteiger partial charge in [-0.2, -0.15) is 0 Å². The summed E-state index contributed by atoms with van der Waals surface area (Å²) in [6.45, 7) is 7.87. The van der Waals surface area contributed by atoms with Crippen LogP contribution in [-0.4, -0.2) is 10.9 Å². The number of hydrogen-bond acceptors (Lipinski definition) is 3. The van der Waals surface area contributed by atoms with Crippen LogP contribution in [-0.2, 0) is 4.79 Å². The van der Waals surface area contributed by atoms with Crippen LogP contribution in [0.4, 0.5) is 0 Å². The number of ketones is 1. The van der Waals surface area contributed by atoms with Crippen molar-refractivity contribution in [2.45, 2.75) is 6.92 Å². The van der Waals surface area contributed by atoms with Crippen molar-refractivity contribution in [1.82, 2.24) is 0 Å². The number of carbonyl (C=O) groups excluding carboxylic acids is 1. The summed E-state index contributed by atoms with van der Waals surface area (Å²) in [5.74, 6) is -0.576. The molecule has 0 aromatic rings. The lowest BCUT2D eigenvalue weighted by atomic mass is 10.1. The lowest BCUT2D eigenvalue weighted by Crippen LogP contribution is -2.02. The van der Waals surface area contributed by atoms with E-state index in [1.54, 1.807) is 0 Å². The van der Waals surface area contributed by atoms with Crippen LogP contribution in [0.1, 0.15) is 6.92 Å². The van der Waals surface area contributed by atoms with E-state index in [1.165, 1.54) is 13.0 Å². The maximum absolute atomic E-state index is 10.7. The first-order valence-corrected chi connectivity index (χ1v) is 3.00. The molecule has 0 radical (unpaired) electrons. The fourth-order valence-corrected chi connectivity index (χ4v) is 0.574. The maximum Gasteiger partial charge on any atom is 0.163 e. The van der Waals surface area contributed by atoms with Crippen LogP contribution >= 0.6 is 0 Å². The molecule has 0 aliphatic carbocycles. The summed E-state index contributed by atoms with van der Waals surface area (Å²) in [4.78, 5) is 10.7. The van der Waals surface area contributed by atoms with Gasteiger partial charge >= 0.3 is 0 Å². The van der Waals surface area contributed by atoms with Crippen molar-refractivity contribution in [3.05, 3.63) is 36.3 Å². The fraction of sp³-hybridized carbons (Fsp3) is 0.125. The maximum atomic E-state index is 10.7. The van der Waals surface area contributed by atoms with E-state index in [-0.39, 0.29) is 22.8 Å². The second-order valence-electron chi connectivity index (χ2n) is 2.14. The SMILES string of the molecule is C=C(N)/C=C(\C(=C)O)C(C)=O. The number of nitrogens with two attached hydrogens (primary N) is 1. The first-order valence-electron chi connectivity index (χ1n) is 3.00. The lowest BCUT2D eigenvalue weighted by molar-refractivity contribution is -0.113. The van der Waals surface area contributed by atoms with Crippen molar-refractivity contribution in [3.63, 3.8) is 0 Å². The molecule has 0 saturated carbocycles. The standard InChI is InChI=1S/C8H11NO2/c1-5(9)4-8(6(2)10)7(3)11/h4,10H,1-2,9H2,3H3/b8-4+. The average molecular weight is 153 g/mol. The third-order valence-electron chi connectivity index (χ3n) is 1.02. The summed E-state index contributed by atoms with van der Waals surface area (Å²) < 4.78 is 0. The predicted octanol–water partition coefficient (Wildman–Crippen LogP) is 1.05. The van der Waals surface area contributed by atoms with E-state index in [4.69, 9.17) is 10.8 Å². The van der Waals surface area contributed by atoms with Gasteiger partial charge < -0.3 is 10.8 Å². The highest BCUT2D eigenvalue weighted by molar-refractivity contribution is 5.97. The Bertz CT molecular complexity index is 222. The molecule has 3 nitrogen and oxygen atoms in total. The monoisotopic (exact) mass is 153 g/mol. The van der Waals surface area contributed by atoms with Gasteiger partial charge in [-0.15, -0.1) is 0 Å². The minimum Gasteiger partial charge on any atom is -0.508 e. The average Bonchev–Trinajstić information content (AvgIpc) is 1.81. The van der Waals surface area contributed by atoms with Gasteiger partial charge in [0.1, 0.15) is 5.76 Å². The Labute approximate surface area is 65.5 Å². The molecule has 0 aromatic carbocycles. The van der Waals surface area contributed by atoms with Gasteiger partial charge in [0.05, 0.1) is 5.57 Å². The Kier molecular flexibility index (Phi) is 3.11. The van der Waals surface area contributed by atoms with Gasteiger partial charge in [0.15, 0.2) is 5.78 Å². The minimum absolute atomic E-state index is 0.0949. The van der Waals surface area contributed by atoms with Crippen molar-refractivity contribution < 1.29 is 9.90 Å². The topological polar surface area (TPSA) is 63.3 Å². The van der Waals surface area contributed by atoms with Crippen LogP contribution < -0.4 is 5.73 Å². The highest BCUT2D eigenvalue weighted by Gasteiger charge is 2.05. The molecule has 60 valence electrons. The quantitative estimate of drug-likeness (QED) is 0.362. The number of allylic oxidation sites excluding steroid dienone is 2. The Balaban J connectivity index is 4.75. The molecule has 0 amide bonds. The number of aliphatic hydroxyl groups excluding tert-OH is 1. The number of aliphatic hydroxyl groups is 1. The molecule has 0 saturated heterocycles. The highest BCUT2D eigenvalue weighted by Crippen LogP contribution is 2.06. The summed E-state index contributed by atoms with van der Waals surface area (Å²) in [7, 11) is 0. The van der Waals surface area contributed by atoms with Crippen molar-refractivity contribution in [3.8, 4) is 0 Å². The second-order valence-corrected chi connectivity index (χ2v) is 2.14. The molecular formula is C8H11NO2. The number of rotatable bonds is 3. The molecule has 0 spiro atoms. The van der Waals surface area contributed by atoms with E-state index in [9.17, 15) is 4.79 Å². The van der Waals surface area contributed by atoms with Gasteiger partial charge in [0.2, 0.25) is 0 Å². The van der Waals surface area contributed by atoms with Crippen molar-refractivity contribution in [2.75, 3.05) is 0 Å². The Morgan fingerprint density at radius 2 is 2.00 bits per heavy atom. The molecule has 0 heterocycles. The van der Waals surface area contributed by atoms with E-state index in [1.807, 2.05) is 0 Å². The van der Waals surface area contributed by atoms with E-state index in [0.717, 1.165) is 0 Å². The van der Waals surface area contributed by atoms with Crippen LogP contribution in [0.5, 0.6) is 0 Å². The summed E-state index contributed by atoms with van der Waals surface area (Å²) in [6.07, 6.45) is 1.28. The first-order chi connectivity index (χ1) is 4.95. The normalized spacial score (nSPS) is 10.8. The van der Waals surface area contributed by atoms with E-state index >= 15 is 0 Å². The molecule has 0 unspecified atom stereocenters. The van der Waals surface area contributed by atoms with Gasteiger partial charge in [-0.25, -0.2) is 0 Å². The van der Waals surface area contributed by atoms with Crippen molar-refractivity contribution in [1.29, 1.82) is 0 Å². The zero-order valence-corrected chi connectivity index (χ0v) is 6.42. The largest absolute Gasteiger partial charge is 0.508 e. The van der Waals surface area contributed by atoms with Crippen molar-refractivity contribution >= 4 is 5.78 Å². The molecule has 0 atom stereocenters. The minimum atomic E-state index is -0.288.